The predicted octanol–water partition coefficient (Wildman–Crippen LogP) is 4.61. The largest absolute Gasteiger partial charge is 0.338 e. The van der Waals surface area contributed by atoms with Gasteiger partial charge in [0.1, 0.15) is 0 Å². The summed E-state index contributed by atoms with van der Waals surface area (Å²) >= 11 is 0. The van der Waals surface area contributed by atoms with Crippen LogP contribution >= 0.6 is 0 Å². The molecule has 1 aliphatic rings. The highest BCUT2D eigenvalue weighted by atomic mass is 16.2. The van der Waals surface area contributed by atoms with Crippen LogP contribution in [0.15, 0.2) is 30.3 Å². The quantitative estimate of drug-likeness (QED) is 0.671. The maximum absolute atomic E-state index is 13.5. The summed E-state index contributed by atoms with van der Waals surface area (Å²) in [5.41, 5.74) is 5.45. The monoisotopic (exact) mass is 376 g/mol. The Hall–Kier alpha value is -2.69. The number of benzene rings is 1. The van der Waals surface area contributed by atoms with Gasteiger partial charge < -0.3 is 4.90 Å². The van der Waals surface area contributed by atoms with Gasteiger partial charge in [0.15, 0.2) is 5.65 Å². The van der Waals surface area contributed by atoms with E-state index in [-0.39, 0.29) is 5.91 Å². The lowest BCUT2D eigenvalue weighted by Gasteiger charge is -2.31. The van der Waals surface area contributed by atoms with Gasteiger partial charge in [0.05, 0.1) is 22.3 Å². The molecule has 4 rings (SSSR count). The molecule has 1 unspecified atom stereocenters. The number of rotatable bonds is 3. The Labute approximate surface area is 166 Å². The summed E-state index contributed by atoms with van der Waals surface area (Å²) in [6, 6.07) is 10.3. The van der Waals surface area contributed by atoms with Gasteiger partial charge in [-0.1, -0.05) is 36.8 Å². The van der Waals surface area contributed by atoms with Crippen molar-refractivity contribution in [3.05, 3.63) is 47.2 Å². The number of hydrogen-bond donors (Lipinski definition) is 0. The van der Waals surface area contributed by atoms with Crippen LogP contribution in [0.4, 0.5) is 0 Å². The van der Waals surface area contributed by atoms with Gasteiger partial charge in [-0.05, 0) is 45.6 Å². The van der Waals surface area contributed by atoms with E-state index in [1.807, 2.05) is 22.6 Å². The van der Waals surface area contributed by atoms with Crippen molar-refractivity contribution < 1.29 is 4.79 Å². The highest BCUT2D eigenvalue weighted by Crippen LogP contribution is 2.29. The van der Waals surface area contributed by atoms with E-state index in [2.05, 4.69) is 50.1 Å². The summed E-state index contributed by atoms with van der Waals surface area (Å²) in [7, 11) is 0. The van der Waals surface area contributed by atoms with Gasteiger partial charge in [0, 0.05) is 25.2 Å². The number of carbonyl (C=O) groups is 1. The smallest absolute Gasteiger partial charge is 0.254 e. The second-order valence-electron chi connectivity index (χ2n) is 8.02. The summed E-state index contributed by atoms with van der Waals surface area (Å²) < 4.78 is 1.90. The average Bonchev–Trinajstić information content (AvgIpc) is 3.03. The molecular formula is C23H28N4O. The number of aromatic nitrogens is 3. The van der Waals surface area contributed by atoms with Gasteiger partial charge in [0.25, 0.3) is 5.91 Å². The molecule has 0 radical (unpaired) electrons. The molecule has 0 spiro atoms. The molecule has 146 valence electrons. The van der Waals surface area contributed by atoms with E-state index in [1.54, 1.807) is 0 Å². The first-order valence-corrected chi connectivity index (χ1v) is 10.2. The highest BCUT2D eigenvalue weighted by molar-refractivity contribution is 6.07. The van der Waals surface area contributed by atoms with Crippen LogP contribution in [0.3, 0.4) is 0 Å². The second kappa shape index (κ2) is 7.38. The minimum absolute atomic E-state index is 0.103. The maximum atomic E-state index is 13.5. The zero-order valence-electron chi connectivity index (χ0n) is 17.2. The normalized spacial score (nSPS) is 17.3. The van der Waals surface area contributed by atoms with E-state index in [4.69, 9.17) is 4.98 Å². The van der Waals surface area contributed by atoms with Gasteiger partial charge in [-0.2, -0.15) is 5.10 Å². The van der Waals surface area contributed by atoms with Crippen molar-refractivity contribution >= 4 is 16.9 Å². The lowest BCUT2D eigenvalue weighted by atomic mass is 9.98. The van der Waals surface area contributed by atoms with E-state index >= 15 is 0 Å². The van der Waals surface area contributed by atoms with Gasteiger partial charge >= 0.3 is 0 Å². The Morgan fingerprint density at radius 1 is 1.21 bits per heavy atom. The first kappa shape index (κ1) is 18.7. The van der Waals surface area contributed by atoms with Gasteiger partial charge in [-0.3, -0.25) is 4.79 Å². The van der Waals surface area contributed by atoms with Gasteiger partial charge in [0.2, 0.25) is 0 Å². The third-order valence-corrected chi connectivity index (χ3v) is 5.70. The Bertz CT molecular complexity index is 1020. The molecule has 28 heavy (non-hydrogen) atoms. The molecule has 0 bridgehead atoms. The highest BCUT2D eigenvalue weighted by Gasteiger charge is 2.26. The molecule has 1 aliphatic heterocycles. The van der Waals surface area contributed by atoms with Crippen LogP contribution in [0.25, 0.3) is 22.3 Å². The molecule has 1 saturated heterocycles. The van der Waals surface area contributed by atoms with Crippen LogP contribution in [-0.2, 0) is 6.54 Å². The van der Waals surface area contributed by atoms with Gasteiger partial charge in [-0.15, -0.1) is 0 Å². The van der Waals surface area contributed by atoms with Crippen molar-refractivity contribution in [2.75, 3.05) is 13.1 Å². The Kier molecular flexibility index (Phi) is 4.92. The number of pyridine rings is 1. The molecule has 1 aromatic carbocycles. The van der Waals surface area contributed by atoms with Crippen molar-refractivity contribution in [2.45, 2.75) is 47.1 Å². The van der Waals surface area contributed by atoms with Crippen LogP contribution in [-0.4, -0.2) is 38.7 Å². The summed E-state index contributed by atoms with van der Waals surface area (Å²) in [6.07, 6.45) is 2.26. The van der Waals surface area contributed by atoms with E-state index < -0.39 is 0 Å². The molecule has 0 saturated carbocycles. The molecule has 3 heterocycles. The molecule has 5 heteroatoms. The first-order chi connectivity index (χ1) is 13.5. The maximum Gasteiger partial charge on any atom is 0.254 e. The lowest BCUT2D eigenvalue weighted by Crippen LogP contribution is -2.39. The molecule has 5 nitrogen and oxygen atoms in total. The molecule has 1 atom stereocenters. The molecule has 0 N–H and O–H groups in total. The molecule has 2 aromatic heterocycles. The minimum Gasteiger partial charge on any atom is -0.338 e. The molecule has 1 amide bonds. The number of piperidine rings is 1. The van der Waals surface area contributed by atoms with Crippen molar-refractivity contribution in [3.8, 4) is 11.3 Å². The van der Waals surface area contributed by atoms with Crippen molar-refractivity contribution in [2.24, 2.45) is 5.92 Å². The minimum atomic E-state index is 0.103. The van der Waals surface area contributed by atoms with E-state index in [9.17, 15) is 4.79 Å². The Morgan fingerprint density at radius 3 is 2.64 bits per heavy atom. The topological polar surface area (TPSA) is 51.0 Å². The Morgan fingerprint density at radius 2 is 1.96 bits per heavy atom. The van der Waals surface area contributed by atoms with Gasteiger partial charge in [-0.25, -0.2) is 9.67 Å². The zero-order chi connectivity index (χ0) is 19.8. The standard InChI is InChI=1S/C23H28N4O/c1-5-27-22-21(17(4)25-27)19(23(28)26-12-6-7-16(3)14-26)13-20(24-22)18-10-8-15(2)9-11-18/h8-11,13,16H,5-7,12,14H2,1-4H3. The molecular weight excluding hydrogens is 348 g/mol. The lowest BCUT2D eigenvalue weighted by molar-refractivity contribution is 0.0685. The van der Waals surface area contributed by atoms with Crippen LogP contribution in [0.5, 0.6) is 0 Å². The summed E-state index contributed by atoms with van der Waals surface area (Å²) in [5, 5.41) is 5.53. The third kappa shape index (κ3) is 3.30. The second-order valence-corrected chi connectivity index (χ2v) is 8.02. The first-order valence-electron chi connectivity index (χ1n) is 10.2. The zero-order valence-corrected chi connectivity index (χ0v) is 17.2. The fourth-order valence-corrected chi connectivity index (χ4v) is 4.16. The van der Waals surface area contributed by atoms with Crippen molar-refractivity contribution in [1.29, 1.82) is 0 Å². The van der Waals surface area contributed by atoms with Crippen LogP contribution in [0, 0.1) is 19.8 Å². The number of amides is 1. The molecule has 0 aliphatic carbocycles. The Balaban J connectivity index is 1.89. The summed E-state index contributed by atoms with van der Waals surface area (Å²) in [4.78, 5) is 20.4. The third-order valence-electron chi connectivity index (χ3n) is 5.70. The number of hydrogen-bond acceptors (Lipinski definition) is 3. The molecule has 1 fully saturated rings. The summed E-state index contributed by atoms with van der Waals surface area (Å²) in [5.74, 6) is 0.650. The fourth-order valence-electron chi connectivity index (χ4n) is 4.16. The van der Waals surface area contributed by atoms with Crippen molar-refractivity contribution in [1.82, 2.24) is 19.7 Å². The van der Waals surface area contributed by atoms with Crippen LogP contribution in [0.1, 0.15) is 48.3 Å². The number of carbonyl (C=O) groups excluding carboxylic acids is 1. The summed E-state index contributed by atoms with van der Waals surface area (Å²) in [6.45, 7) is 10.7. The van der Waals surface area contributed by atoms with Crippen LogP contribution < -0.4 is 0 Å². The van der Waals surface area contributed by atoms with E-state index in [0.717, 1.165) is 59.6 Å². The fraction of sp³-hybridized carbons (Fsp3) is 0.435. The van der Waals surface area contributed by atoms with Crippen LogP contribution in [0.2, 0.25) is 0 Å². The molecule has 3 aromatic rings. The van der Waals surface area contributed by atoms with E-state index in [0.29, 0.717) is 5.92 Å². The number of likely N-dealkylation sites (tertiary alicyclic amines) is 1. The predicted molar refractivity (Wildman–Crippen MR) is 112 cm³/mol. The average molecular weight is 377 g/mol. The number of nitrogens with zero attached hydrogens (tertiary/aromatic N) is 4. The van der Waals surface area contributed by atoms with E-state index in [1.165, 1.54) is 12.0 Å². The number of aryl methyl sites for hydroxylation is 3. The number of fused-ring (bicyclic) bond motifs is 1. The SMILES string of the molecule is CCn1nc(C)c2c(C(=O)N3CCCC(C)C3)cc(-c3ccc(C)cc3)nc21. The van der Waals surface area contributed by atoms with Crippen molar-refractivity contribution in [3.63, 3.8) is 0 Å².